The fraction of sp³-hybridized carbons (Fsp3) is 0.364. The SMILES string of the molecule is CS(=O)(=O)OC1CCN(c2ccnc(Nc3ncc(-c4cncc(C(=O)NCC(F)(F)F)c4)s3)c2)CC1. The number of piperidine rings is 1. The first kappa shape index (κ1) is 26.8. The minimum atomic E-state index is -4.51. The van der Waals surface area contributed by atoms with Gasteiger partial charge in [0.1, 0.15) is 12.4 Å². The third kappa shape index (κ3) is 7.84. The minimum absolute atomic E-state index is 0.00438. The van der Waals surface area contributed by atoms with E-state index in [4.69, 9.17) is 4.18 Å². The molecule has 0 atom stereocenters. The number of carbonyl (C=O) groups is 1. The normalized spacial score (nSPS) is 15.0. The maximum Gasteiger partial charge on any atom is 0.405 e. The first-order valence-corrected chi connectivity index (χ1v) is 13.7. The van der Waals surface area contributed by atoms with Crippen LogP contribution in [0.3, 0.4) is 0 Å². The van der Waals surface area contributed by atoms with E-state index in [0.29, 0.717) is 47.3 Å². The molecule has 0 saturated carbocycles. The number of hydrogen-bond donors (Lipinski definition) is 2. The van der Waals surface area contributed by atoms with Gasteiger partial charge >= 0.3 is 6.18 Å². The van der Waals surface area contributed by atoms with Gasteiger partial charge in [0, 0.05) is 55.2 Å². The van der Waals surface area contributed by atoms with Crippen LogP contribution in [0.1, 0.15) is 23.2 Å². The van der Waals surface area contributed by atoms with E-state index in [0.717, 1.165) is 11.9 Å². The van der Waals surface area contributed by atoms with E-state index in [1.807, 2.05) is 17.4 Å². The number of hydrogen-bond acceptors (Lipinski definition) is 10. The number of nitrogens with one attached hydrogen (secondary N) is 2. The minimum Gasteiger partial charge on any atom is -0.371 e. The molecular weight excluding hydrogens is 533 g/mol. The molecule has 10 nitrogen and oxygen atoms in total. The Morgan fingerprint density at radius 3 is 2.65 bits per heavy atom. The number of rotatable bonds is 8. The molecule has 0 aliphatic carbocycles. The van der Waals surface area contributed by atoms with E-state index < -0.39 is 28.7 Å². The molecule has 0 unspecified atom stereocenters. The fourth-order valence-corrected chi connectivity index (χ4v) is 5.19. The van der Waals surface area contributed by atoms with Crippen LogP contribution in [-0.2, 0) is 14.3 Å². The van der Waals surface area contributed by atoms with Crippen LogP contribution in [0.25, 0.3) is 10.4 Å². The van der Waals surface area contributed by atoms with Gasteiger partial charge in [0.2, 0.25) is 0 Å². The van der Waals surface area contributed by atoms with Gasteiger partial charge in [0.05, 0.1) is 22.8 Å². The molecule has 1 saturated heterocycles. The van der Waals surface area contributed by atoms with Gasteiger partial charge < -0.3 is 15.5 Å². The predicted molar refractivity (Wildman–Crippen MR) is 132 cm³/mol. The number of thiazole rings is 1. The van der Waals surface area contributed by atoms with Gasteiger partial charge in [-0.15, -0.1) is 0 Å². The zero-order valence-corrected chi connectivity index (χ0v) is 21.2. The molecule has 37 heavy (non-hydrogen) atoms. The van der Waals surface area contributed by atoms with Gasteiger partial charge in [-0.25, -0.2) is 9.97 Å². The summed E-state index contributed by atoms with van der Waals surface area (Å²) >= 11 is 1.26. The van der Waals surface area contributed by atoms with Crippen molar-refractivity contribution in [1.29, 1.82) is 0 Å². The van der Waals surface area contributed by atoms with Gasteiger partial charge in [-0.1, -0.05) is 11.3 Å². The van der Waals surface area contributed by atoms with Crippen molar-refractivity contribution in [1.82, 2.24) is 20.3 Å². The standard InChI is InChI=1S/C22H23F3N6O4S2/c1-37(33,34)35-17-3-6-31(7-4-17)16-2-5-27-19(9-16)30-21-28-12-18(36-21)14-8-15(11-26-10-14)20(32)29-13-22(23,24)25/h2,5,8-12,17H,3-4,6-7,13H2,1H3,(H,29,32)(H,27,28,30). The highest BCUT2D eigenvalue weighted by atomic mass is 32.2. The second-order valence-electron chi connectivity index (χ2n) is 8.30. The lowest BCUT2D eigenvalue weighted by atomic mass is 10.1. The first-order valence-electron chi connectivity index (χ1n) is 11.1. The molecule has 198 valence electrons. The van der Waals surface area contributed by atoms with Crippen LogP contribution in [0.4, 0.5) is 29.8 Å². The molecule has 2 N–H and O–H groups in total. The summed E-state index contributed by atoms with van der Waals surface area (Å²) in [4.78, 5) is 27.4. The van der Waals surface area contributed by atoms with Crippen LogP contribution in [0, 0.1) is 0 Å². The molecule has 1 aliphatic rings. The number of anilines is 3. The largest absolute Gasteiger partial charge is 0.405 e. The second-order valence-corrected chi connectivity index (χ2v) is 10.9. The summed E-state index contributed by atoms with van der Waals surface area (Å²) in [5.74, 6) is -0.325. The van der Waals surface area contributed by atoms with Gasteiger partial charge in [-0.3, -0.25) is 14.0 Å². The molecule has 4 heterocycles. The Morgan fingerprint density at radius 1 is 1.19 bits per heavy atom. The number of aromatic nitrogens is 3. The quantitative estimate of drug-likeness (QED) is 0.400. The molecule has 15 heteroatoms. The summed E-state index contributed by atoms with van der Waals surface area (Å²) < 4.78 is 64.9. The molecule has 0 radical (unpaired) electrons. The van der Waals surface area contributed by atoms with Crippen LogP contribution < -0.4 is 15.5 Å². The van der Waals surface area contributed by atoms with Crippen LogP contribution in [0.15, 0.2) is 43.0 Å². The van der Waals surface area contributed by atoms with Crippen molar-refractivity contribution in [3.63, 3.8) is 0 Å². The lowest BCUT2D eigenvalue weighted by Gasteiger charge is -2.33. The van der Waals surface area contributed by atoms with Gasteiger partial charge in [0.25, 0.3) is 16.0 Å². The van der Waals surface area contributed by atoms with Crippen molar-refractivity contribution in [3.05, 3.63) is 48.5 Å². The predicted octanol–water partition coefficient (Wildman–Crippen LogP) is 3.58. The molecule has 4 rings (SSSR count). The Morgan fingerprint density at radius 2 is 1.95 bits per heavy atom. The Kier molecular flexibility index (Phi) is 7.94. The van der Waals surface area contributed by atoms with Crippen molar-refractivity contribution < 1.29 is 30.6 Å². The van der Waals surface area contributed by atoms with Crippen molar-refractivity contribution >= 4 is 44.0 Å². The van der Waals surface area contributed by atoms with Crippen molar-refractivity contribution in [2.24, 2.45) is 0 Å². The molecule has 0 bridgehead atoms. The monoisotopic (exact) mass is 556 g/mol. The molecule has 3 aromatic heterocycles. The van der Waals surface area contributed by atoms with E-state index >= 15 is 0 Å². The number of halogens is 3. The molecule has 1 aliphatic heterocycles. The van der Waals surface area contributed by atoms with Crippen LogP contribution in [0.5, 0.6) is 0 Å². The smallest absolute Gasteiger partial charge is 0.371 e. The van der Waals surface area contributed by atoms with Crippen molar-refractivity contribution in [3.8, 4) is 10.4 Å². The summed E-state index contributed by atoms with van der Waals surface area (Å²) in [5.41, 5.74) is 1.45. The summed E-state index contributed by atoms with van der Waals surface area (Å²) in [6.45, 7) is -0.168. The molecule has 1 fully saturated rings. The summed E-state index contributed by atoms with van der Waals surface area (Å²) in [7, 11) is -3.49. The van der Waals surface area contributed by atoms with Crippen LogP contribution >= 0.6 is 11.3 Å². The Bertz CT molecular complexity index is 1360. The molecule has 0 spiro atoms. The Hall–Kier alpha value is -3.30. The van der Waals surface area contributed by atoms with Crippen LogP contribution in [0.2, 0.25) is 0 Å². The zero-order chi connectivity index (χ0) is 26.6. The number of alkyl halides is 3. The summed E-state index contributed by atoms with van der Waals surface area (Å²) in [6.07, 6.45) is 3.28. The van der Waals surface area contributed by atoms with E-state index in [2.05, 4.69) is 25.2 Å². The molecular formula is C22H23F3N6O4S2. The molecule has 0 aromatic carbocycles. The maximum absolute atomic E-state index is 12.4. The maximum atomic E-state index is 12.4. The second kappa shape index (κ2) is 11.0. The van der Waals surface area contributed by atoms with Crippen molar-refractivity contribution in [2.75, 3.05) is 36.1 Å². The molecule has 3 aromatic rings. The number of pyridine rings is 2. The number of nitrogens with zero attached hydrogens (tertiary/aromatic N) is 4. The summed E-state index contributed by atoms with van der Waals surface area (Å²) in [5, 5.41) is 5.47. The van der Waals surface area contributed by atoms with E-state index in [-0.39, 0.29) is 11.7 Å². The third-order valence-electron chi connectivity index (χ3n) is 5.34. The van der Waals surface area contributed by atoms with E-state index in [1.165, 1.54) is 29.8 Å². The highest BCUT2D eigenvalue weighted by molar-refractivity contribution is 7.86. The lowest BCUT2D eigenvalue weighted by Crippen LogP contribution is -2.37. The highest BCUT2D eigenvalue weighted by Crippen LogP contribution is 2.31. The number of amides is 1. The lowest BCUT2D eigenvalue weighted by molar-refractivity contribution is -0.123. The van der Waals surface area contributed by atoms with Gasteiger partial charge in [-0.05, 0) is 25.0 Å². The average Bonchev–Trinajstić information content (AvgIpc) is 3.30. The first-order chi connectivity index (χ1) is 17.4. The summed E-state index contributed by atoms with van der Waals surface area (Å²) in [6, 6.07) is 5.16. The van der Waals surface area contributed by atoms with Gasteiger partial charge in [-0.2, -0.15) is 21.6 Å². The van der Waals surface area contributed by atoms with Crippen molar-refractivity contribution in [2.45, 2.75) is 25.1 Å². The van der Waals surface area contributed by atoms with E-state index in [9.17, 15) is 26.4 Å². The fourth-order valence-electron chi connectivity index (χ4n) is 3.70. The van der Waals surface area contributed by atoms with Crippen LogP contribution in [-0.4, -0.2) is 67.4 Å². The zero-order valence-electron chi connectivity index (χ0n) is 19.5. The number of carbonyl (C=O) groups excluding carboxylic acids is 1. The topological polar surface area (TPSA) is 126 Å². The Balaban J connectivity index is 1.39. The highest BCUT2D eigenvalue weighted by Gasteiger charge is 2.28. The van der Waals surface area contributed by atoms with E-state index in [1.54, 1.807) is 12.4 Å². The van der Waals surface area contributed by atoms with Gasteiger partial charge in [0.15, 0.2) is 5.13 Å². The Labute approximate surface area is 215 Å². The molecule has 1 amide bonds. The third-order valence-corrected chi connectivity index (χ3v) is 6.92. The average molecular weight is 557 g/mol.